The maximum Gasteiger partial charge on any atom is 0.426 e. The molecular weight excluding hydrogens is 394 g/mol. The van der Waals surface area contributed by atoms with Crippen LogP contribution in [0.3, 0.4) is 0 Å². The lowest BCUT2D eigenvalue weighted by Gasteiger charge is -2.12. The van der Waals surface area contributed by atoms with Crippen LogP contribution in [-0.4, -0.2) is 36.6 Å². The molecule has 9 heteroatoms. The van der Waals surface area contributed by atoms with Crippen LogP contribution < -0.4 is 0 Å². The molecule has 1 N–H and O–H groups in total. The van der Waals surface area contributed by atoms with Gasteiger partial charge in [0.05, 0.1) is 12.2 Å². The number of ketones is 1. The average Bonchev–Trinajstić information content (AvgIpc) is 2.65. The Hall–Kier alpha value is -2.39. The van der Waals surface area contributed by atoms with Gasteiger partial charge in [-0.1, -0.05) is 38.1 Å². The van der Waals surface area contributed by atoms with E-state index in [0.29, 0.717) is 5.92 Å². The quantitative estimate of drug-likeness (QED) is 0.519. The molecule has 0 bridgehead atoms. The Labute approximate surface area is 161 Å². The Morgan fingerprint density at radius 3 is 2.36 bits per heavy atom. The first-order valence-electron chi connectivity index (χ1n) is 8.56. The molecule has 0 aliphatic carbocycles. The third-order valence-corrected chi connectivity index (χ3v) is 5.37. The zero-order chi connectivity index (χ0) is 21.1. The number of esters is 1. The molecule has 0 spiro atoms. The van der Waals surface area contributed by atoms with E-state index in [0.717, 1.165) is 17.2 Å². The number of Topliss-reactive ketones (excluding diaryl/α,β-unsaturated/α-hetero) is 1. The van der Waals surface area contributed by atoms with Crippen molar-refractivity contribution in [1.29, 1.82) is 0 Å². The van der Waals surface area contributed by atoms with Crippen LogP contribution in [0.4, 0.5) is 8.78 Å². The van der Waals surface area contributed by atoms with Crippen LogP contribution in [0.25, 0.3) is 10.8 Å². The first kappa shape index (κ1) is 21.9. The molecule has 0 aliphatic rings. The Bertz CT molecular complexity index is 1000. The highest BCUT2D eigenvalue weighted by Crippen LogP contribution is 2.25. The molecule has 2 rings (SSSR count). The minimum absolute atomic E-state index is 0.165. The van der Waals surface area contributed by atoms with Crippen molar-refractivity contribution >= 4 is 32.6 Å². The fourth-order valence-corrected chi connectivity index (χ4v) is 2.93. The highest BCUT2D eigenvalue weighted by molar-refractivity contribution is 7.87. The van der Waals surface area contributed by atoms with Gasteiger partial charge in [-0.05, 0) is 40.8 Å². The van der Waals surface area contributed by atoms with Gasteiger partial charge in [-0.3, -0.25) is 9.35 Å². The number of fused-ring (bicyclic) bond motifs is 1. The smallest absolute Gasteiger partial charge is 0.426 e. The van der Waals surface area contributed by atoms with Gasteiger partial charge >= 0.3 is 21.3 Å². The zero-order valence-corrected chi connectivity index (χ0v) is 16.1. The molecular formula is C19H20F2O6S. The number of carbonyl (C=O) groups excluding carboxylic acids is 2. The molecule has 152 valence electrons. The van der Waals surface area contributed by atoms with Crippen molar-refractivity contribution in [3.8, 4) is 0 Å². The standard InChI is InChI=1S/C19H20F2O6S/c1-3-12(2)13-4-5-15-11-16(7-6-14(15)10-13)18(23)27-9-8-17(22)19(20,21)28(24,25)26/h4-7,10-12H,3,8-9H2,1-2H3,(H,24,25,26). The van der Waals surface area contributed by atoms with Crippen LogP contribution in [0.5, 0.6) is 0 Å². The minimum atomic E-state index is -5.86. The highest BCUT2D eigenvalue weighted by atomic mass is 32.2. The maximum absolute atomic E-state index is 13.1. The van der Waals surface area contributed by atoms with Crippen molar-refractivity contribution in [3.05, 3.63) is 47.5 Å². The molecule has 0 aromatic heterocycles. The van der Waals surface area contributed by atoms with Gasteiger partial charge in [-0.25, -0.2) is 4.79 Å². The summed E-state index contributed by atoms with van der Waals surface area (Å²) < 4.78 is 60.4. The Morgan fingerprint density at radius 1 is 1.14 bits per heavy atom. The average molecular weight is 414 g/mol. The number of carbonyl (C=O) groups is 2. The molecule has 0 saturated carbocycles. The number of halogens is 2. The van der Waals surface area contributed by atoms with Gasteiger partial charge in [-0.2, -0.15) is 17.2 Å². The van der Waals surface area contributed by atoms with Gasteiger partial charge in [0, 0.05) is 6.42 Å². The molecule has 2 aromatic rings. The summed E-state index contributed by atoms with van der Waals surface area (Å²) in [5.41, 5.74) is 1.33. The lowest BCUT2D eigenvalue weighted by atomic mass is 9.95. The fourth-order valence-electron chi connectivity index (χ4n) is 2.54. The summed E-state index contributed by atoms with van der Waals surface area (Å²) in [4.78, 5) is 23.3. The topological polar surface area (TPSA) is 97.7 Å². The van der Waals surface area contributed by atoms with Gasteiger partial charge in [0.2, 0.25) is 5.78 Å². The second kappa shape index (κ2) is 8.32. The Balaban J connectivity index is 2.04. The summed E-state index contributed by atoms with van der Waals surface area (Å²) in [6, 6.07) is 10.7. The molecule has 1 atom stereocenters. The lowest BCUT2D eigenvalue weighted by Crippen LogP contribution is -2.38. The molecule has 0 fully saturated rings. The summed E-state index contributed by atoms with van der Waals surface area (Å²) in [5.74, 6) is -2.50. The lowest BCUT2D eigenvalue weighted by molar-refractivity contribution is -0.134. The van der Waals surface area contributed by atoms with Gasteiger partial charge < -0.3 is 4.74 Å². The minimum Gasteiger partial charge on any atom is -0.462 e. The van der Waals surface area contributed by atoms with Crippen LogP contribution in [0.2, 0.25) is 0 Å². The van der Waals surface area contributed by atoms with E-state index in [2.05, 4.69) is 13.8 Å². The van der Waals surface area contributed by atoms with Crippen LogP contribution >= 0.6 is 0 Å². The normalized spacial score (nSPS) is 13.3. The molecule has 6 nitrogen and oxygen atoms in total. The predicted octanol–water partition coefficient (Wildman–Crippen LogP) is 3.95. The Kier molecular flexibility index (Phi) is 6.51. The van der Waals surface area contributed by atoms with Gasteiger partial charge in [-0.15, -0.1) is 0 Å². The second-order valence-corrected chi connectivity index (χ2v) is 7.89. The molecule has 0 heterocycles. The first-order valence-corrected chi connectivity index (χ1v) is 10.0. The summed E-state index contributed by atoms with van der Waals surface area (Å²) in [6.45, 7) is 3.46. The van der Waals surface area contributed by atoms with Crippen molar-refractivity contribution in [3.63, 3.8) is 0 Å². The SMILES string of the molecule is CCC(C)c1ccc2cc(C(=O)OCCC(=O)C(F)(F)S(=O)(=O)O)ccc2c1. The molecule has 1 unspecified atom stereocenters. The van der Waals surface area contributed by atoms with Crippen molar-refractivity contribution in [2.45, 2.75) is 37.9 Å². The third kappa shape index (κ3) is 4.71. The number of hydrogen-bond donors (Lipinski definition) is 1. The third-order valence-electron chi connectivity index (χ3n) is 4.49. The summed E-state index contributed by atoms with van der Waals surface area (Å²) in [5, 5.41) is -3.22. The molecule has 0 aliphatic heterocycles. The molecule has 2 aromatic carbocycles. The maximum atomic E-state index is 13.1. The molecule has 0 saturated heterocycles. The van der Waals surface area contributed by atoms with Crippen molar-refractivity contribution in [1.82, 2.24) is 0 Å². The highest BCUT2D eigenvalue weighted by Gasteiger charge is 2.51. The summed E-state index contributed by atoms with van der Waals surface area (Å²) in [6.07, 6.45) is -0.0599. The van der Waals surface area contributed by atoms with E-state index in [9.17, 15) is 26.8 Å². The Morgan fingerprint density at radius 2 is 1.75 bits per heavy atom. The fraction of sp³-hybridized carbons (Fsp3) is 0.368. The van der Waals surface area contributed by atoms with Gasteiger partial charge in [0.25, 0.3) is 0 Å². The van der Waals surface area contributed by atoms with E-state index >= 15 is 0 Å². The van der Waals surface area contributed by atoms with Crippen LogP contribution in [0, 0.1) is 0 Å². The monoisotopic (exact) mass is 414 g/mol. The van der Waals surface area contributed by atoms with Crippen molar-refractivity contribution in [2.75, 3.05) is 6.61 Å². The summed E-state index contributed by atoms with van der Waals surface area (Å²) >= 11 is 0. The van der Waals surface area contributed by atoms with Gasteiger partial charge in [0.15, 0.2) is 0 Å². The zero-order valence-electron chi connectivity index (χ0n) is 15.3. The molecule has 28 heavy (non-hydrogen) atoms. The molecule has 0 radical (unpaired) electrons. The van der Waals surface area contributed by atoms with Crippen molar-refractivity contribution in [2.24, 2.45) is 0 Å². The number of rotatable bonds is 8. The van der Waals surface area contributed by atoms with E-state index in [1.54, 1.807) is 12.1 Å². The van der Waals surface area contributed by atoms with Crippen LogP contribution in [0.1, 0.15) is 48.5 Å². The number of ether oxygens (including phenoxy) is 1. The van der Waals surface area contributed by atoms with Gasteiger partial charge in [0.1, 0.15) is 0 Å². The molecule has 0 amide bonds. The van der Waals surface area contributed by atoms with E-state index in [1.165, 1.54) is 11.6 Å². The number of hydrogen-bond acceptors (Lipinski definition) is 5. The van der Waals surface area contributed by atoms with Crippen LogP contribution in [0.15, 0.2) is 36.4 Å². The van der Waals surface area contributed by atoms with E-state index in [-0.39, 0.29) is 5.56 Å². The number of alkyl halides is 2. The predicted molar refractivity (Wildman–Crippen MR) is 99.1 cm³/mol. The first-order chi connectivity index (χ1) is 13.0. The largest absolute Gasteiger partial charge is 0.462 e. The number of benzene rings is 2. The van der Waals surface area contributed by atoms with E-state index in [4.69, 9.17) is 9.29 Å². The van der Waals surface area contributed by atoms with E-state index in [1.807, 2.05) is 18.2 Å². The van der Waals surface area contributed by atoms with E-state index < -0.39 is 40.2 Å². The summed E-state index contributed by atoms with van der Waals surface area (Å²) in [7, 11) is -5.86. The van der Waals surface area contributed by atoms with Crippen LogP contribution in [-0.2, 0) is 19.6 Å². The van der Waals surface area contributed by atoms with Crippen molar-refractivity contribution < 1.29 is 36.1 Å². The second-order valence-electron chi connectivity index (χ2n) is 6.43.